The summed E-state index contributed by atoms with van der Waals surface area (Å²) in [6.07, 6.45) is 3.92. The number of anilines is 2. The fraction of sp³-hybridized carbons (Fsp3) is 0.571. The first kappa shape index (κ1) is 26.2. The number of nitrogen functional groups attached to an aromatic ring is 1. The molecule has 11 nitrogen and oxygen atoms in total. The molecule has 14 heteroatoms. The summed E-state index contributed by atoms with van der Waals surface area (Å²) in [4.78, 5) is 34.1. The number of rotatable bonds is 7. The first-order chi connectivity index (χ1) is 16.4. The number of ether oxygens (including phenoxy) is 1. The third kappa shape index (κ3) is 6.81. The minimum atomic E-state index is -5.08. The molecule has 6 N–H and O–H groups in total. The molecule has 0 aliphatic heterocycles. The molecule has 0 spiro atoms. The molecule has 0 amide bonds. The molecule has 35 heavy (non-hydrogen) atoms. The van der Waals surface area contributed by atoms with Gasteiger partial charge in [0.05, 0.1) is 19.0 Å². The van der Waals surface area contributed by atoms with Crippen molar-refractivity contribution in [2.75, 3.05) is 17.7 Å². The van der Waals surface area contributed by atoms with Crippen LogP contribution in [0.5, 0.6) is 0 Å². The number of carbonyl (C=O) groups is 2. The van der Waals surface area contributed by atoms with Crippen LogP contribution in [-0.2, 0) is 14.3 Å². The molecule has 0 unspecified atom stereocenters. The number of carboxylic acids is 1. The molecule has 0 saturated heterocycles. The number of carbonyl (C=O) groups excluding carboxylic acids is 1. The zero-order valence-corrected chi connectivity index (χ0v) is 19.2. The van der Waals surface area contributed by atoms with E-state index < -0.39 is 18.2 Å². The summed E-state index contributed by atoms with van der Waals surface area (Å²) in [7, 11) is 0. The van der Waals surface area contributed by atoms with Gasteiger partial charge in [0.25, 0.3) is 0 Å². The van der Waals surface area contributed by atoms with Gasteiger partial charge in [0.2, 0.25) is 5.95 Å². The van der Waals surface area contributed by atoms with Crippen molar-refractivity contribution in [2.24, 2.45) is 17.6 Å². The van der Waals surface area contributed by atoms with E-state index in [0.717, 1.165) is 24.8 Å². The Morgan fingerprint density at radius 3 is 2.51 bits per heavy atom. The second kappa shape index (κ2) is 10.5. The summed E-state index contributed by atoms with van der Waals surface area (Å²) in [5, 5.41) is 10.5. The first-order valence-corrected chi connectivity index (χ1v) is 11.0. The molecule has 4 rings (SSSR count). The van der Waals surface area contributed by atoms with Gasteiger partial charge in [-0.25, -0.2) is 9.78 Å². The van der Waals surface area contributed by atoms with Crippen molar-refractivity contribution < 1.29 is 32.6 Å². The Hall–Kier alpha value is -3.42. The quantitative estimate of drug-likeness (QED) is 0.327. The van der Waals surface area contributed by atoms with Crippen molar-refractivity contribution >= 4 is 34.9 Å². The van der Waals surface area contributed by atoms with Crippen LogP contribution >= 0.6 is 0 Å². The Morgan fingerprint density at radius 2 is 1.94 bits per heavy atom. The Balaban J connectivity index is 0.000000429. The number of carboxylic acid groups (broad SMARTS) is 1. The van der Waals surface area contributed by atoms with Gasteiger partial charge in [-0.2, -0.15) is 23.1 Å². The second-order valence-corrected chi connectivity index (χ2v) is 8.82. The monoisotopic (exact) mass is 499 g/mol. The maximum atomic E-state index is 12.0. The summed E-state index contributed by atoms with van der Waals surface area (Å²) in [6.45, 7) is 4.13. The molecule has 2 aliphatic rings. The molecule has 2 aliphatic carbocycles. The number of allylic oxidation sites excluding steroid dienone is 1. The number of alkyl halides is 3. The number of nitrogens with zero attached hydrogens (tertiary/aromatic N) is 4. The number of aliphatic carboxylic acids is 1. The smallest absolute Gasteiger partial charge is 0.475 e. The molecule has 2 aromatic heterocycles. The number of nitrogens with two attached hydrogens (primary N) is 2. The van der Waals surface area contributed by atoms with E-state index in [1.807, 2.05) is 18.4 Å². The minimum Gasteiger partial charge on any atom is -0.475 e. The fourth-order valence-corrected chi connectivity index (χ4v) is 3.34. The normalized spacial score (nSPS) is 20.4. The van der Waals surface area contributed by atoms with E-state index in [0.29, 0.717) is 24.1 Å². The Labute approximate surface area is 198 Å². The molecule has 192 valence electrons. The Kier molecular flexibility index (Phi) is 7.83. The van der Waals surface area contributed by atoms with Crippen LogP contribution < -0.4 is 16.8 Å². The van der Waals surface area contributed by atoms with Crippen LogP contribution in [0, 0.1) is 11.8 Å². The second-order valence-electron chi connectivity index (χ2n) is 8.82. The molecule has 3 atom stereocenters. The van der Waals surface area contributed by atoms with Gasteiger partial charge in [0, 0.05) is 12.0 Å². The van der Waals surface area contributed by atoms with Gasteiger partial charge in [-0.05, 0) is 25.2 Å². The van der Waals surface area contributed by atoms with E-state index in [-0.39, 0.29) is 29.8 Å². The van der Waals surface area contributed by atoms with Crippen molar-refractivity contribution in [3.8, 4) is 0 Å². The lowest BCUT2D eigenvalue weighted by Gasteiger charge is -2.17. The van der Waals surface area contributed by atoms with E-state index in [1.54, 1.807) is 6.33 Å². The molecular weight excluding hydrogens is 471 g/mol. The maximum absolute atomic E-state index is 12.0. The lowest BCUT2D eigenvalue weighted by atomic mass is 10.1. The summed E-state index contributed by atoms with van der Waals surface area (Å²) in [5.74, 6) is -2.00. The van der Waals surface area contributed by atoms with Gasteiger partial charge in [0.15, 0.2) is 17.0 Å². The van der Waals surface area contributed by atoms with Crippen molar-refractivity contribution in [2.45, 2.75) is 57.4 Å². The Morgan fingerprint density at radius 1 is 1.29 bits per heavy atom. The van der Waals surface area contributed by atoms with Gasteiger partial charge in [-0.3, -0.25) is 4.79 Å². The third-order valence-electron chi connectivity index (χ3n) is 5.54. The predicted octanol–water partition coefficient (Wildman–Crippen LogP) is 2.26. The van der Waals surface area contributed by atoms with Gasteiger partial charge in [-0.1, -0.05) is 26.0 Å². The number of imidazole rings is 1. The lowest BCUT2D eigenvalue weighted by Crippen LogP contribution is -2.37. The van der Waals surface area contributed by atoms with E-state index in [4.69, 9.17) is 26.1 Å². The number of halogens is 3. The highest BCUT2D eigenvalue weighted by molar-refractivity contribution is 5.84. The number of esters is 1. The van der Waals surface area contributed by atoms with Crippen LogP contribution in [0.2, 0.25) is 0 Å². The highest BCUT2D eigenvalue weighted by Crippen LogP contribution is 2.33. The van der Waals surface area contributed by atoms with Crippen LogP contribution in [0.1, 0.15) is 39.2 Å². The average Bonchev–Trinajstić information content (AvgIpc) is 3.29. The minimum absolute atomic E-state index is 0.0558. The predicted molar refractivity (Wildman–Crippen MR) is 120 cm³/mol. The molecular formula is C21H28F3N7O4. The molecule has 0 radical (unpaired) electrons. The van der Waals surface area contributed by atoms with Crippen molar-refractivity contribution in [1.29, 1.82) is 0 Å². The van der Waals surface area contributed by atoms with Crippen LogP contribution in [0.3, 0.4) is 0 Å². The third-order valence-corrected chi connectivity index (χ3v) is 5.54. The van der Waals surface area contributed by atoms with Crippen LogP contribution in [-0.4, -0.2) is 61.4 Å². The zero-order chi connectivity index (χ0) is 25.9. The Bertz CT molecular complexity index is 1100. The summed E-state index contributed by atoms with van der Waals surface area (Å²) < 4.78 is 39.1. The van der Waals surface area contributed by atoms with Gasteiger partial charge < -0.3 is 31.2 Å². The number of aromatic nitrogens is 4. The molecule has 0 aromatic carbocycles. The number of hydrogen-bond acceptors (Lipinski definition) is 9. The standard InChI is InChI=1S/C19H27N7O2.C2HF3O2/c1-10(2)14(20)18(27)28-8-11-3-6-13(7-11)26-9-22-15-16(23-12-4-5-12)24-19(21)25-17(15)26;3-2(4,5)1(6)7/h3,6,9-14H,4-5,7-8,20H2,1-2H3,(H3,21,23,24,25);(H,6,7)/t11-,13+,14-;/m0./s1. The first-order valence-electron chi connectivity index (χ1n) is 11.0. The van der Waals surface area contributed by atoms with Gasteiger partial charge >= 0.3 is 18.1 Å². The highest BCUT2D eigenvalue weighted by atomic mass is 19.4. The number of nitrogens with one attached hydrogen (secondary N) is 1. The lowest BCUT2D eigenvalue weighted by molar-refractivity contribution is -0.192. The largest absolute Gasteiger partial charge is 0.490 e. The van der Waals surface area contributed by atoms with Gasteiger partial charge in [0.1, 0.15) is 6.04 Å². The molecule has 2 heterocycles. The van der Waals surface area contributed by atoms with Crippen molar-refractivity contribution in [1.82, 2.24) is 19.5 Å². The molecule has 2 aromatic rings. The number of hydrogen-bond donors (Lipinski definition) is 4. The van der Waals surface area contributed by atoms with Crippen molar-refractivity contribution in [3.05, 3.63) is 18.5 Å². The van der Waals surface area contributed by atoms with E-state index in [1.165, 1.54) is 0 Å². The van der Waals surface area contributed by atoms with Crippen LogP contribution in [0.15, 0.2) is 18.5 Å². The fourth-order valence-electron chi connectivity index (χ4n) is 3.34. The average molecular weight is 499 g/mol. The maximum Gasteiger partial charge on any atom is 0.490 e. The summed E-state index contributed by atoms with van der Waals surface area (Å²) in [5.41, 5.74) is 13.2. The molecule has 1 saturated carbocycles. The zero-order valence-electron chi connectivity index (χ0n) is 19.2. The summed E-state index contributed by atoms with van der Waals surface area (Å²) >= 11 is 0. The van der Waals surface area contributed by atoms with Gasteiger partial charge in [-0.15, -0.1) is 0 Å². The topological polar surface area (TPSA) is 171 Å². The van der Waals surface area contributed by atoms with Crippen LogP contribution in [0.25, 0.3) is 11.2 Å². The highest BCUT2D eigenvalue weighted by Gasteiger charge is 2.38. The number of fused-ring (bicyclic) bond motifs is 1. The van der Waals surface area contributed by atoms with E-state index >= 15 is 0 Å². The molecule has 1 fully saturated rings. The van der Waals surface area contributed by atoms with Crippen molar-refractivity contribution in [3.63, 3.8) is 0 Å². The van der Waals surface area contributed by atoms with E-state index in [9.17, 15) is 18.0 Å². The summed E-state index contributed by atoms with van der Waals surface area (Å²) in [6, 6.07) is -0.0586. The SMILES string of the molecule is CC(C)[C@H](N)C(=O)OC[C@H]1C=C[C@@H](n2cnc3c(NC4CC4)nc(N)nc32)C1.O=C(O)C(F)(F)F. The van der Waals surface area contributed by atoms with Crippen LogP contribution in [0.4, 0.5) is 24.9 Å². The van der Waals surface area contributed by atoms with E-state index in [2.05, 4.69) is 32.4 Å². The molecule has 0 bridgehead atoms.